The number of rotatable bonds is 3. The maximum atomic E-state index is 12.0. The molecule has 1 heterocycles. The molecule has 2 amide bonds. The van der Waals surface area contributed by atoms with E-state index in [9.17, 15) is 9.59 Å². The van der Waals surface area contributed by atoms with Crippen molar-refractivity contribution in [2.24, 2.45) is 17.8 Å². The van der Waals surface area contributed by atoms with Crippen molar-refractivity contribution in [2.45, 2.75) is 47.1 Å². The van der Waals surface area contributed by atoms with Crippen LogP contribution in [-0.4, -0.2) is 35.8 Å². The first kappa shape index (κ1) is 15.0. The van der Waals surface area contributed by atoms with Crippen LogP contribution >= 0.6 is 0 Å². The molecule has 2 atom stereocenters. The zero-order valence-corrected chi connectivity index (χ0v) is 12.2. The minimum Gasteiger partial charge on any atom is -0.351 e. The first-order valence-corrected chi connectivity index (χ1v) is 6.90. The number of carbonyl (C=O) groups is 2. The average molecular weight is 254 g/mol. The highest BCUT2D eigenvalue weighted by Crippen LogP contribution is 2.18. The van der Waals surface area contributed by atoms with E-state index in [1.54, 1.807) is 0 Å². The summed E-state index contributed by atoms with van der Waals surface area (Å²) in [7, 11) is 0. The van der Waals surface area contributed by atoms with Crippen LogP contribution in [0.2, 0.25) is 0 Å². The van der Waals surface area contributed by atoms with E-state index in [4.69, 9.17) is 0 Å². The number of nitrogens with zero attached hydrogens (tertiary/aromatic N) is 1. The Balaban J connectivity index is 2.61. The van der Waals surface area contributed by atoms with Crippen molar-refractivity contribution in [3.05, 3.63) is 0 Å². The molecule has 0 aromatic heterocycles. The molecule has 4 heteroatoms. The number of carbonyl (C=O) groups excluding carboxylic acids is 2. The Morgan fingerprint density at radius 3 is 2.22 bits per heavy atom. The molecule has 0 aliphatic carbocycles. The van der Waals surface area contributed by atoms with Crippen molar-refractivity contribution in [1.29, 1.82) is 0 Å². The van der Waals surface area contributed by atoms with E-state index in [1.165, 1.54) is 0 Å². The van der Waals surface area contributed by atoms with Gasteiger partial charge in [0.05, 0.1) is 0 Å². The summed E-state index contributed by atoms with van der Waals surface area (Å²) in [6.45, 7) is 11.2. The number of nitrogens with one attached hydrogen (secondary N) is 1. The lowest BCUT2D eigenvalue weighted by atomic mass is 9.94. The Labute approximate surface area is 110 Å². The molecule has 1 saturated heterocycles. The van der Waals surface area contributed by atoms with Gasteiger partial charge in [0, 0.05) is 31.0 Å². The topological polar surface area (TPSA) is 49.4 Å². The van der Waals surface area contributed by atoms with Crippen LogP contribution < -0.4 is 5.32 Å². The van der Waals surface area contributed by atoms with Gasteiger partial charge in [-0.2, -0.15) is 0 Å². The summed E-state index contributed by atoms with van der Waals surface area (Å²) in [5.41, 5.74) is 0. The van der Waals surface area contributed by atoms with Gasteiger partial charge in [0.1, 0.15) is 0 Å². The molecule has 104 valence electrons. The second-order valence-electron chi connectivity index (χ2n) is 6.10. The van der Waals surface area contributed by atoms with Gasteiger partial charge in [0.15, 0.2) is 0 Å². The molecule has 0 bridgehead atoms. The normalized spacial score (nSPS) is 24.5. The number of likely N-dealkylation sites (tertiary alicyclic amines) is 1. The average Bonchev–Trinajstić information content (AvgIpc) is 2.26. The minimum absolute atomic E-state index is 0.00326. The van der Waals surface area contributed by atoms with Crippen molar-refractivity contribution in [3.63, 3.8) is 0 Å². The molecule has 0 aromatic carbocycles. The summed E-state index contributed by atoms with van der Waals surface area (Å²) < 4.78 is 0. The third-order valence-electron chi connectivity index (χ3n) is 3.34. The van der Waals surface area contributed by atoms with Gasteiger partial charge in [0.25, 0.3) is 0 Å². The van der Waals surface area contributed by atoms with Gasteiger partial charge in [-0.3, -0.25) is 9.59 Å². The molecule has 18 heavy (non-hydrogen) atoms. The third kappa shape index (κ3) is 4.00. The van der Waals surface area contributed by atoms with Gasteiger partial charge in [-0.1, -0.05) is 34.6 Å². The van der Waals surface area contributed by atoms with E-state index in [0.29, 0.717) is 12.5 Å². The summed E-state index contributed by atoms with van der Waals surface area (Å²) in [6.07, 6.45) is 0.959. The number of hydrogen-bond acceptors (Lipinski definition) is 2. The number of amides is 2. The Bertz CT molecular complexity index is 313. The lowest BCUT2D eigenvalue weighted by Gasteiger charge is -2.38. The van der Waals surface area contributed by atoms with Crippen LogP contribution in [0.4, 0.5) is 0 Å². The second-order valence-corrected chi connectivity index (χ2v) is 6.10. The monoisotopic (exact) mass is 254 g/mol. The van der Waals surface area contributed by atoms with E-state index in [1.807, 2.05) is 32.6 Å². The summed E-state index contributed by atoms with van der Waals surface area (Å²) in [5.74, 6) is 0.725. The summed E-state index contributed by atoms with van der Waals surface area (Å²) in [6, 6.07) is 0.103. The second kappa shape index (κ2) is 6.21. The van der Waals surface area contributed by atoms with E-state index in [-0.39, 0.29) is 29.7 Å². The van der Waals surface area contributed by atoms with Crippen molar-refractivity contribution in [3.8, 4) is 0 Å². The fourth-order valence-corrected chi connectivity index (χ4v) is 2.37. The number of hydrogen-bond donors (Lipinski definition) is 1. The first-order chi connectivity index (χ1) is 8.31. The van der Waals surface area contributed by atoms with Crippen LogP contribution in [-0.2, 0) is 9.59 Å². The summed E-state index contributed by atoms with van der Waals surface area (Å²) in [4.78, 5) is 25.6. The largest absolute Gasteiger partial charge is 0.351 e. The Hall–Kier alpha value is -1.06. The predicted octanol–water partition coefficient (Wildman–Crippen LogP) is 1.65. The molecule has 1 fully saturated rings. The SMILES string of the molecule is CC1CC(NC(=O)C(C)C)CN(C(=O)C(C)C)C1. The van der Waals surface area contributed by atoms with Crippen LogP contribution in [0.25, 0.3) is 0 Å². The zero-order valence-electron chi connectivity index (χ0n) is 12.2. The lowest BCUT2D eigenvalue weighted by molar-refractivity contribution is -0.137. The molecule has 1 rings (SSSR count). The van der Waals surface area contributed by atoms with Crippen LogP contribution in [0, 0.1) is 17.8 Å². The number of piperidine rings is 1. The molecule has 2 unspecified atom stereocenters. The highest BCUT2D eigenvalue weighted by Gasteiger charge is 2.29. The van der Waals surface area contributed by atoms with Crippen molar-refractivity contribution >= 4 is 11.8 Å². The van der Waals surface area contributed by atoms with E-state index >= 15 is 0 Å². The molecule has 0 radical (unpaired) electrons. The highest BCUT2D eigenvalue weighted by atomic mass is 16.2. The maximum Gasteiger partial charge on any atom is 0.225 e. The molecule has 1 N–H and O–H groups in total. The summed E-state index contributed by atoms with van der Waals surface area (Å²) >= 11 is 0. The van der Waals surface area contributed by atoms with Gasteiger partial charge in [-0.15, -0.1) is 0 Å². The van der Waals surface area contributed by atoms with E-state index < -0.39 is 0 Å². The maximum absolute atomic E-state index is 12.0. The quantitative estimate of drug-likeness (QED) is 0.832. The van der Waals surface area contributed by atoms with Gasteiger partial charge in [0.2, 0.25) is 11.8 Å². The van der Waals surface area contributed by atoms with Gasteiger partial charge < -0.3 is 10.2 Å². The lowest BCUT2D eigenvalue weighted by Crippen LogP contribution is -2.53. The molecule has 1 aliphatic rings. The third-order valence-corrected chi connectivity index (χ3v) is 3.34. The molecular formula is C14H26N2O2. The van der Waals surface area contributed by atoms with Crippen LogP contribution in [0.3, 0.4) is 0 Å². The fraction of sp³-hybridized carbons (Fsp3) is 0.857. The van der Waals surface area contributed by atoms with E-state index in [0.717, 1.165) is 13.0 Å². The Kier molecular flexibility index (Phi) is 5.17. The highest BCUT2D eigenvalue weighted by molar-refractivity contribution is 5.79. The van der Waals surface area contributed by atoms with E-state index in [2.05, 4.69) is 12.2 Å². The molecule has 0 saturated carbocycles. The molecule has 0 spiro atoms. The Morgan fingerprint density at radius 2 is 1.72 bits per heavy atom. The first-order valence-electron chi connectivity index (χ1n) is 6.90. The van der Waals surface area contributed by atoms with Crippen LogP contribution in [0.1, 0.15) is 41.0 Å². The standard InChI is InChI=1S/C14H26N2O2/c1-9(2)13(17)15-12-6-11(5)7-16(8-12)14(18)10(3)4/h9-12H,6-8H2,1-5H3,(H,15,17). The summed E-state index contributed by atoms with van der Waals surface area (Å²) in [5, 5.41) is 3.04. The zero-order chi connectivity index (χ0) is 13.9. The smallest absolute Gasteiger partial charge is 0.225 e. The van der Waals surface area contributed by atoms with Gasteiger partial charge in [-0.25, -0.2) is 0 Å². The minimum atomic E-state index is -0.00326. The van der Waals surface area contributed by atoms with Crippen molar-refractivity contribution in [1.82, 2.24) is 10.2 Å². The molecule has 0 aromatic rings. The van der Waals surface area contributed by atoms with Gasteiger partial charge >= 0.3 is 0 Å². The fourth-order valence-electron chi connectivity index (χ4n) is 2.37. The van der Waals surface area contributed by atoms with Gasteiger partial charge in [-0.05, 0) is 12.3 Å². The molecule has 4 nitrogen and oxygen atoms in total. The van der Waals surface area contributed by atoms with Crippen LogP contribution in [0.15, 0.2) is 0 Å². The molecular weight excluding hydrogens is 228 g/mol. The predicted molar refractivity (Wildman–Crippen MR) is 72.0 cm³/mol. The van der Waals surface area contributed by atoms with Crippen molar-refractivity contribution < 1.29 is 9.59 Å². The van der Waals surface area contributed by atoms with Crippen LogP contribution in [0.5, 0.6) is 0 Å². The van der Waals surface area contributed by atoms with Crippen molar-refractivity contribution in [2.75, 3.05) is 13.1 Å². The molecule has 1 aliphatic heterocycles. The Morgan fingerprint density at radius 1 is 1.11 bits per heavy atom.